The Morgan fingerprint density at radius 1 is 1.10 bits per heavy atom. The number of nitrogens with zero attached hydrogens (tertiary/aromatic N) is 1. The molecule has 0 spiro atoms. The van der Waals surface area contributed by atoms with Crippen LogP contribution in [0.3, 0.4) is 0 Å². The first-order chi connectivity index (χ1) is 14.8. The SMILES string of the molecule is COc1ccc(S(=O)(=O)N2CCC(C(=O)N[C@H](C)c3cccc(Br)c3)CC2)cc1OC. The molecule has 2 aromatic rings. The summed E-state index contributed by atoms with van der Waals surface area (Å²) < 4.78 is 38.9. The molecule has 1 fully saturated rings. The zero-order valence-electron chi connectivity index (χ0n) is 17.8. The molecule has 1 aliphatic heterocycles. The molecule has 3 rings (SSSR count). The molecule has 168 valence electrons. The lowest BCUT2D eigenvalue weighted by Crippen LogP contribution is -2.43. The molecule has 0 aliphatic carbocycles. The summed E-state index contributed by atoms with van der Waals surface area (Å²) in [7, 11) is -0.714. The summed E-state index contributed by atoms with van der Waals surface area (Å²) in [5.74, 6) is 0.567. The second-order valence-electron chi connectivity index (χ2n) is 7.48. The molecule has 1 amide bonds. The molecule has 2 aromatic carbocycles. The summed E-state index contributed by atoms with van der Waals surface area (Å²) in [6.45, 7) is 2.52. The van der Waals surface area contributed by atoms with Crippen LogP contribution in [0, 0.1) is 5.92 Å². The normalized spacial score (nSPS) is 16.5. The van der Waals surface area contributed by atoms with Crippen molar-refractivity contribution in [3.05, 3.63) is 52.5 Å². The van der Waals surface area contributed by atoms with Crippen LogP contribution in [0.4, 0.5) is 0 Å². The van der Waals surface area contributed by atoms with Gasteiger partial charge in [0.1, 0.15) is 0 Å². The van der Waals surface area contributed by atoms with Crippen LogP contribution in [0.1, 0.15) is 31.4 Å². The number of ether oxygens (including phenoxy) is 2. The predicted octanol–water partition coefficient (Wildman–Crippen LogP) is 3.74. The molecule has 0 aromatic heterocycles. The van der Waals surface area contributed by atoms with Crippen LogP contribution < -0.4 is 14.8 Å². The molecule has 1 aliphatic rings. The summed E-state index contributed by atoms with van der Waals surface area (Å²) in [6, 6.07) is 12.2. The summed E-state index contributed by atoms with van der Waals surface area (Å²) in [5.41, 5.74) is 1.01. The molecule has 1 saturated heterocycles. The van der Waals surface area contributed by atoms with Crippen molar-refractivity contribution in [2.45, 2.75) is 30.7 Å². The van der Waals surface area contributed by atoms with E-state index in [1.54, 1.807) is 6.07 Å². The Bertz CT molecular complexity index is 1040. The number of nitrogens with one attached hydrogen (secondary N) is 1. The largest absolute Gasteiger partial charge is 0.493 e. The van der Waals surface area contributed by atoms with Gasteiger partial charge in [-0.25, -0.2) is 8.42 Å². The first-order valence-electron chi connectivity index (χ1n) is 10.0. The van der Waals surface area contributed by atoms with Gasteiger partial charge in [-0.2, -0.15) is 4.31 Å². The Morgan fingerprint density at radius 3 is 2.39 bits per heavy atom. The van der Waals surface area contributed by atoms with E-state index >= 15 is 0 Å². The smallest absolute Gasteiger partial charge is 0.243 e. The minimum atomic E-state index is -3.68. The third-order valence-electron chi connectivity index (χ3n) is 5.52. The van der Waals surface area contributed by atoms with Crippen LogP contribution in [-0.4, -0.2) is 45.9 Å². The fraction of sp³-hybridized carbons (Fsp3) is 0.409. The van der Waals surface area contributed by atoms with Gasteiger partial charge >= 0.3 is 0 Å². The van der Waals surface area contributed by atoms with E-state index in [1.165, 1.54) is 30.7 Å². The molecule has 1 N–H and O–H groups in total. The van der Waals surface area contributed by atoms with Crippen molar-refractivity contribution < 1.29 is 22.7 Å². The van der Waals surface area contributed by atoms with Crippen molar-refractivity contribution in [2.75, 3.05) is 27.3 Å². The number of methoxy groups -OCH3 is 2. The average molecular weight is 511 g/mol. The number of carbonyl (C=O) groups is 1. The van der Waals surface area contributed by atoms with E-state index < -0.39 is 10.0 Å². The van der Waals surface area contributed by atoms with Crippen molar-refractivity contribution >= 4 is 31.9 Å². The van der Waals surface area contributed by atoms with Gasteiger partial charge in [-0.3, -0.25) is 4.79 Å². The number of hydrogen-bond donors (Lipinski definition) is 1. The minimum absolute atomic E-state index is 0.0457. The van der Waals surface area contributed by atoms with E-state index in [2.05, 4.69) is 21.2 Å². The van der Waals surface area contributed by atoms with Gasteiger partial charge in [-0.15, -0.1) is 0 Å². The van der Waals surface area contributed by atoms with E-state index in [9.17, 15) is 13.2 Å². The van der Waals surface area contributed by atoms with Gasteiger partial charge < -0.3 is 14.8 Å². The van der Waals surface area contributed by atoms with E-state index in [-0.39, 0.29) is 22.8 Å². The molecule has 0 radical (unpaired) electrons. The average Bonchev–Trinajstić information content (AvgIpc) is 2.78. The summed E-state index contributed by atoms with van der Waals surface area (Å²) in [6.07, 6.45) is 0.952. The second kappa shape index (κ2) is 10.0. The van der Waals surface area contributed by atoms with Crippen LogP contribution in [0.15, 0.2) is 51.8 Å². The third kappa shape index (κ3) is 5.39. The number of rotatable bonds is 7. The van der Waals surface area contributed by atoms with E-state index in [0.717, 1.165) is 10.0 Å². The second-order valence-corrected chi connectivity index (χ2v) is 10.3. The van der Waals surface area contributed by atoms with Crippen LogP contribution in [0.2, 0.25) is 0 Å². The van der Waals surface area contributed by atoms with Crippen LogP contribution in [-0.2, 0) is 14.8 Å². The molecule has 31 heavy (non-hydrogen) atoms. The van der Waals surface area contributed by atoms with Crippen LogP contribution >= 0.6 is 15.9 Å². The number of benzene rings is 2. The number of hydrogen-bond acceptors (Lipinski definition) is 5. The van der Waals surface area contributed by atoms with E-state index in [0.29, 0.717) is 37.4 Å². The lowest BCUT2D eigenvalue weighted by Gasteiger charge is -2.31. The Balaban J connectivity index is 1.62. The van der Waals surface area contributed by atoms with E-state index in [4.69, 9.17) is 9.47 Å². The fourth-order valence-electron chi connectivity index (χ4n) is 3.67. The number of halogens is 1. The topological polar surface area (TPSA) is 84.9 Å². The minimum Gasteiger partial charge on any atom is -0.493 e. The standard InChI is InChI=1S/C22H27BrN2O5S/c1-15(17-5-4-6-18(23)13-17)24-22(26)16-9-11-25(12-10-16)31(27,28)19-7-8-20(29-2)21(14-19)30-3/h4-8,13-16H,9-12H2,1-3H3,(H,24,26)/t15-/m1/s1. The van der Waals surface area contributed by atoms with Gasteiger partial charge in [-0.1, -0.05) is 28.1 Å². The molecule has 0 bridgehead atoms. The highest BCUT2D eigenvalue weighted by Gasteiger charge is 2.33. The molecule has 9 heteroatoms. The Hall–Kier alpha value is -2.10. The molecular formula is C22H27BrN2O5S. The van der Waals surface area contributed by atoms with E-state index in [1.807, 2.05) is 31.2 Å². The highest BCUT2D eigenvalue weighted by atomic mass is 79.9. The zero-order chi connectivity index (χ0) is 22.6. The highest BCUT2D eigenvalue weighted by molar-refractivity contribution is 9.10. The number of piperidine rings is 1. The maximum absolute atomic E-state index is 13.1. The van der Waals surface area contributed by atoms with Gasteiger partial charge in [0, 0.05) is 29.5 Å². The van der Waals surface area contributed by atoms with Crippen molar-refractivity contribution in [1.82, 2.24) is 9.62 Å². The fourth-order valence-corrected chi connectivity index (χ4v) is 5.58. The summed E-state index contributed by atoms with van der Waals surface area (Å²) in [5, 5.41) is 3.05. The molecule has 0 unspecified atom stereocenters. The van der Waals surface area contributed by atoms with Gasteiger partial charge in [0.15, 0.2) is 11.5 Å². The van der Waals surface area contributed by atoms with Crippen molar-refractivity contribution in [1.29, 1.82) is 0 Å². The number of sulfonamides is 1. The monoisotopic (exact) mass is 510 g/mol. The van der Waals surface area contributed by atoms with Gasteiger partial charge in [0.05, 0.1) is 25.2 Å². The zero-order valence-corrected chi connectivity index (χ0v) is 20.2. The van der Waals surface area contributed by atoms with Crippen molar-refractivity contribution in [3.63, 3.8) is 0 Å². The lowest BCUT2D eigenvalue weighted by molar-refractivity contribution is -0.126. The first kappa shape index (κ1) is 23.6. The summed E-state index contributed by atoms with van der Waals surface area (Å²) in [4.78, 5) is 12.9. The Kier molecular flexibility index (Phi) is 7.61. The third-order valence-corrected chi connectivity index (χ3v) is 7.91. The van der Waals surface area contributed by atoms with Crippen LogP contribution in [0.5, 0.6) is 11.5 Å². The van der Waals surface area contributed by atoms with Gasteiger partial charge in [-0.05, 0) is 49.6 Å². The number of amides is 1. The highest BCUT2D eigenvalue weighted by Crippen LogP contribution is 2.32. The maximum atomic E-state index is 13.1. The van der Waals surface area contributed by atoms with Crippen molar-refractivity contribution in [3.8, 4) is 11.5 Å². The summed E-state index contributed by atoms with van der Waals surface area (Å²) >= 11 is 3.44. The van der Waals surface area contributed by atoms with Crippen LogP contribution in [0.25, 0.3) is 0 Å². The molecule has 0 saturated carbocycles. The van der Waals surface area contributed by atoms with Gasteiger partial charge in [0.25, 0.3) is 0 Å². The first-order valence-corrected chi connectivity index (χ1v) is 12.3. The molecule has 1 atom stereocenters. The predicted molar refractivity (Wildman–Crippen MR) is 122 cm³/mol. The lowest BCUT2D eigenvalue weighted by atomic mass is 9.96. The maximum Gasteiger partial charge on any atom is 0.243 e. The van der Waals surface area contributed by atoms with Gasteiger partial charge in [0.2, 0.25) is 15.9 Å². The van der Waals surface area contributed by atoms with Crippen molar-refractivity contribution in [2.24, 2.45) is 5.92 Å². The quantitative estimate of drug-likeness (QED) is 0.613. The number of carbonyl (C=O) groups excluding carboxylic acids is 1. The molecular weight excluding hydrogens is 484 g/mol. The molecule has 1 heterocycles. The molecule has 7 nitrogen and oxygen atoms in total. The Morgan fingerprint density at radius 2 is 1.77 bits per heavy atom. The Labute approximate surface area is 191 Å².